The second-order valence-corrected chi connectivity index (χ2v) is 6.19. The zero-order chi connectivity index (χ0) is 13.5. The summed E-state index contributed by atoms with van der Waals surface area (Å²) in [6.45, 7) is 0.216. The van der Waals surface area contributed by atoms with Gasteiger partial charge in [-0.3, -0.25) is 0 Å². The van der Waals surface area contributed by atoms with Crippen LogP contribution in [0.5, 0.6) is 0 Å². The van der Waals surface area contributed by atoms with Crippen molar-refractivity contribution in [2.75, 3.05) is 6.61 Å². The summed E-state index contributed by atoms with van der Waals surface area (Å²) in [7, 11) is 0. The van der Waals surface area contributed by atoms with E-state index in [1.165, 1.54) is 36.5 Å². The van der Waals surface area contributed by atoms with Crippen molar-refractivity contribution < 1.29 is 5.11 Å². The minimum atomic E-state index is 0.216. The summed E-state index contributed by atoms with van der Waals surface area (Å²) in [5, 5.41) is 15.6. The number of thiophene rings is 1. The van der Waals surface area contributed by atoms with Crippen LogP contribution in [0.25, 0.3) is 31.6 Å². The molecule has 20 heavy (non-hydrogen) atoms. The summed E-state index contributed by atoms with van der Waals surface area (Å²) >= 11 is 1.80. The molecule has 2 heteroatoms. The molecule has 0 amide bonds. The van der Waals surface area contributed by atoms with E-state index in [4.69, 9.17) is 5.11 Å². The van der Waals surface area contributed by atoms with Gasteiger partial charge in [0.25, 0.3) is 0 Å². The van der Waals surface area contributed by atoms with E-state index in [0.717, 1.165) is 6.42 Å². The topological polar surface area (TPSA) is 20.2 Å². The third-order valence-corrected chi connectivity index (χ3v) is 5.06. The summed E-state index contributed by atoms with van der Waals surface area (Å²) in [5.41, 5.74) is 0. The van der Waals surface area contributed by atoms with Crippen molar-refractivity contribution in [3.8, 4) is 0 Å². The molecule has 1 aromatic heterocycles. The third kappa shape index (κ3) is 1.73. The zero-order valence-electron chi connectivity index (χ0n) is 11.0. The summed E-state index contributed by atoms with van der Waals surface area (Å²) in [6.07, 6.45) is 0.744. The molecule has 0 aliphatic heterocycles. The van der Waals surface area contributed by atoms with Crippen LogP contribution in [-0.2, 0) is 6.42 Å². The molecule has 98 valence electrons. The molecule has 1 N–H and O–H groups in total. The Morgan fingerprint density at radius 2 is 1.60 bits per heavy atom. The van der Waals surface area contributed by atoms with Crippen molar-refractivity contribution in [2.45, 2.75) is 6.42 Å². The summed E-state index contributed by atoms with van der Waals surface area (Å²) in [6, 6.07) is 19.6. The minimum absolute atomic E-state index is 0.216. The van der Waals surface area contributed by atoms with Crippen molar-refractivity contribution in [3.05, 3.63) is 59.5 Å². The lowest BCUT2D eigenvalue weighted by Gasteiger charge is -2.04. The highest BCUT2D eigenvalue weighted by Crippen LogP contribution is 2.35. The average molecular weight is 278 g/mol. The van der Waals surface area contributed by atoms with Crippen LogP contribution < -0.4 is 0 Å². The van der Waals surface area contributed by atoms with Crippen molar-refractivity contribution in [2.24, 2.45) is 0 Å². The standard InChI is InChI=1S/C18H14OS/c19-10-9-14-11-13-6-7-16-15-4-2-1-3-12(15)5-8-17(16)18(13)20-14/h1-8,11,19H,9-10H2. The van der Waals surface area contributed by atoms with E-state index in [2.05, 4.69) is 54.6 Å². The Morgan fingerprint density at radius 1 is 0.800 bits per heavy atom. The number of aliphatic hydroxyl groups is 1. The molecular formula is C18H14OS. The van der Waals surface area contributed by atoms with Crippen LogP contribution in [0.1, 0.15) is 4.88 Å². The van der Waals surface area contributed by atoms with Crippen LogP contribution >= 0.6 is 11.3 Å². The van der Waals surface area contributed by atoms with Gasteiger partial charge in [-0.2, -0.15) is 0 Å². The second-order valence-electron chi connectivity index (χ2n) is 5.05. The molecule has 3 aromatic carbocycles. The lowest BCUT2D eigenvalue weighted by molar-refractivity contribution is 0.300. The van der Waals surface area contributed by atoms with E-state index in [1.54, 1.807) is 11.3 Å². The normalized spacial score (nSPS) is 11.7. The molecule has 4 aromatic rings. The maximum absolute atomic E-state index is 9.11. The molecule has 0 saturated carbocycles. The summed E-state index contributed by atoms with van der Waals surface area (Å²) in [4.78, 5) is 1.25. The molecule has 0 bridgehead atoms. The first kappa shape index (κ1) is 11.9. The predicted molar refractivity (Wildman–Crippen MR) is 87.6 cm³/mol. The average Bonchev–Trinajstić information content (AvgIpc) is 2.90. The Kier molecular flexibility index (Phi) is 2.72. The van der Waals surface area contributed by atoms with Crippen LogP contribution in [-0.4, -0.2) is 11.7 Å². The number of fused-ring (bicyclic) bond motifs is 5. The van der Waals surface area contributed by atoms with Crippen LogP contribution in [0.2, 0.25) is 0 Å². The van der Waals surface area contributed by atoms with Crippen molar-refractivity contribution in [3.63, 3.8) is 0 Å². The fraction of sp³-hybridized carbons (Fsp3) is 0.111. The second kappa shape index (κ2) is 4.58. The molecule has 0 aliphatic carbocycles. The van der Waals surface area contributed by atoms with Crippen molar-refractivity contribution in [1.82, 2.24) is 0 Å². The minimum Gasteiger partial charge on any atom is -0.396 e. The summed E-state index contributed by atoms with van der Waals surface area (Å²) < 4.78 is 1.33. The van der Waals surface area contributed by atoms with Gasteiger partial charge in [-0.1, -0.05) is 48.5 Å². The molecular weight excluding hydrogens is 264 g/mol. The highest BCUT2D eigenvalue weighted by atomic mass is 32.1. The number of benzene rings is 3. The fourth-order valence-electron chi connectivity index (χ4n) is 2.87. The lowest BCUT2D eigenvalue weighted by atomic mass is 10.0. The molecule has 0 radical (unpaired) electrons. The highest BCUT2D eigenvalue weighted by molar-refractivity contribution is 7.20. The van der Waals surface area contributed by atoms with Gasteiger partial charge in [-0.05, 0) is 27.6 Å². The number of aliphatic hydroxyl groups excluding tert-OH is 1. The largest absolute Gasteiger partial charge is 0.396 e. The Morgan fingerprint density at radius 3 is 2.50 bits per heavy atom. The molecule has 1 nitrogen and oxygen atoms in total. The van der Waals surface area contributed by atoms with Gasteiger partial charge in [0.05, 0.1) is 0 Å². The Balaban J connectivity index is 2.11. The van der Waals surface area contributed by atoms with E-state index in [0.29, 0.717) is 0 Å². The molecule has 0 aliphatic rings. The Hall–Kier alpha value is -1.90. The maximum Gasteiger partial charge on any atom is 0.0479 e. The van der Waals surface area contributed by atoms with Gasteiger partial charge in [0, 0.05) is 28.0 Å². The smallest absolute Gasteiger partial charge is 0.0479 e. The number of hydrogen-bond donors (Lipinski definition) is 1. The third-order valence-electron chi connectivity index (χ3n) is 3.81. The maximum atomic E-state index is 9.11. The quantitative estimate of drug-likeness (QED) is 0.525. The number of rotatable bonds is 2. The van der Waals surface area contributed by atoms with Crippen LogP contribution in [0, 0.1) is 0 Å². The van der Waals surface area contributed by atoms with Crippen LogP contribution in [0.15, 0.2) is 54.6 Å². The first-order valence-corrected chi connectivity index (χ1v) is 7.62. The monoisotopic (exact) mass is 278 g/mol. The molecule has 0 fully saturated rings. The molecule has 0 spiro atoms. The molecule has 0 unspecified atom stereocenters. The molecule has 1 heterocycles. The fourth-order valence-corrected chi connectivity index (χ4v) is 4.05. The first-order valence-electron chi connectivity index (χ1n) is 6.80. The van der Waals surface area contributed by atoms with Gasteiger partial charge in [0.2, 0.25) is 0 Å². The lowest BCUT2D eigenvalue weighted by Crippen LogP contribution is -1.84. The highest BCUT2D eigenvalue weighted by Gasteiger charge is 2.07. The van der Waals surface area contributed by atoms with E-state index < -0.39 is 0 Å². The molecule has 0 atom stereocenters. The van der Waals surface area contributed by atoms with Gasteiger partial charge in [0.1, 0.15) is 0 Å². The van der Waals surface area contributed by atoms with E-state index in [9.17, 15) is 0 Å². The van der Waals surface area contributed by atoms with Crippen LogP contribution in [0.4, 0.5) is 0 Å². The zero-order valence-corrected chi connectivity index (χ0v) is 11.8. The van der Waals surface area contributed by atoms with Gasteiger partial charge in [-0.25, -0.2) is 0 Å². The van der Waals surface area contributed by atoms with E-state index in [1.807, 2.05) is 0 Å². The first-order chi connectivity index (χ1) is 9.86. The SMILES string of the molecule is OCCc1cc2ccc3c4ccccc4ccc3c2s1. The van der Waals surface area contributed by atoms with Crippen molar-refractivity contribution in [1.29, 1.82) is 0 Å². The van der Waals surface area contributed by atoms with Gasteiger partial charge in [0.15, 0.2) is 0 Å². The Bertz CT molecular complexity index is 921. The number of hydrogen-bond acceptors (Lipinski definition) is 2. The van der Waals surface area contributed by atoms with Crippen molar-refractivity contribution >= 4 is 43.0 Å². The predicted octanol–water partition coefficient (Wildman–Crippen LogP) is 4.74. The van der Waals surface area contributed by atoms with Gasteiger partial charge in [-0.15, -0.1) is 11.3 Å². The Labute approximate surface area is 121 Å². The summed E-state index contributed by atoms with van der Waals surface area (Å²) in [5.74, 6) is 0. The van der Waals surface area contributed by atoms with Gasteiger partial charge >= 0.3 is 0 Å². The molecule has 0 saturated heterocycles. The van der Waals surface area contributed by atoms with Crippen LogP contribution in [0.3, 0.4) is 0 Å². The molecule has 4 rings (SSSR count). The van der Waals surface area contributed by atoms with E-state index >= 15 is 0 Å². The van der Waals surface area contributed by atoms with E-state index in [-0.39, 0.29) is 6.61 Å². The van der Waals surface area contributed by atoms with Gasteiger partial charge < -0.3 is 5.11 Å².